The monoisotopic (exact) mass is 217 g/mol. The molecular weight excluding hydrogens is 210 g/mol. The molecule has 1 aromatic rings. The standard InChI is InChI=1S/C9H7F2O4/c10-9(11)15-7-4-2-1-3-6(7)14-5-8(12)13/h1-3,9H,5H2,(H,12,13). The zero-order valence-electron chi connectivity index (χ0n) is 7.44. The molecule has 1 rings (SSSR count). The highest BCUT2D eigenvalue weighted by Gasteiger charge is 2.11. The van der Waals surface area contributed by atoms with Gasteiger partial charge in [-0.3, -0.25) is 0 Å². The van der Waals surface area contributed by atoms with Crippen LogP contribution in [-0.2, 0) is 4.79 Å². The number of para-hydroxylation sites is 1. The fourth-order valence-electron chi connectivity index (χ4n) is 0.840. The minimum absolute atomic E-state index is 0.0831. The Hall–Kier alpha value is -1.85. The molecule has 0 unspecified atom stereocenters. The molecule has 81 valence electrons. The molecule has 0 aliphatic heterocycles. The zero-order chi connectivity index (χ0) is 11.3. The van der Waals surface area contributed by atoms with Crippen molar-refractivity contribution in [2.24, 2.45) is 0 Å². The maximum Gasteiger partial charge on any atom is 0.387 e. The second-order valence-electron chi connectivity index (χ2n) is 2.42. The Balaban J connectivity index is 2.72. The highest BCUT2D eigenvalue weighted by Crippen LogP contribution is 2.27. The lowest BCUT2D eigenvalue weighted by atomic mass is 10.3. The lowest BCUT2D eigenvalue weighted by Gasteiger charge is -2.09. The van der Waals surface area contributed by atoms with E-state index in [1.165, 1.54) is 18.2 Å². The van der Waals surface area contributed by atoms with Crippen LogP contribution in [0, 0.1) is 6.07 Å². The lowest BCUT2D eigenvalue weighted by molar-refractivity contribution is -0.139. The SMILES string of the molecule is O=C(O)COc1ccc[c]c1OC(F)F. The van der Waals surface area contributed by atoms with Crippen LogP contribution in [0.15, 0.2) is 18.2 Å². The van der Waals surface area contributed by atoms with Gasteiger partial charge < -0.3 is 14.6 Å². The maximum atomic E-state index is 11.9. The summed E-state index contributed by atoms with van der Waals surface area (Å²) in [6.07, 6.45) is 0. The van der Waals surface area contributed by atoms with Crippen LogP contribution in [0.2, 0.25) is 0 Å². The largest absolute Gasteiger partial charge is 0.479 e. The molecule has 15 heavy (non-hydrogen) atoms. The molecule has 1 radical (unpaired) electrons. The molecule has 0 aliphatic rings. The molecule has 0 heterocycles. The number of carboxylic acid groups (broad SMARTS) is 1. The highest BCUT2D eigenvalue weighted by molar-refractivity contribution is 5.68. The van der Waals surface area contributed by atoms with Gasteiger partial charge in [-0.25, -0.2) is 4.79 Å². The summed E-state index contributed by atoms with van der Waals surface area (Å²) < 4.78 is 32.6. The van der Waals surface area contributed by atoms with Gasteiger partial charge in [-0.15, -0.1) is 0 Å². The Morgan fingerprint density at radius 1 is 1.60 bits per heavy atom. The quantitative estimate of drug-likeness (QED) is 0.812. The number of aliphatic carboxylic acids is 1. The summed E-state index contributed by atoms with van der Waals surface area (Å²) in [6, 6.07) is 6.51. The van der Waals surface area contributed by atoms with Crippen LogP contribution in [0.25, 0.3) is 0 Å². The molecule has 0 aromatic heterocycles. The van der Waals surface area contributed by atoms with Crippen molar-refractivity contribution in [2.75, 3.05) is 6.61 Å². The van der Waals surface area contributed by atoms with E-state index in [2.05, 4.69) is 10.8 Å². The van der Waals surface area contributed by atoms with E-state index in [4.69, 9.17) is 9.84 Å². The lowest BCUT2D eigenvalue weighted by Crippen LogP contribution is -2.11. The number of alkyl halides is 2. The average molecular weight is 217 g/mol. The summed E-state index contributed by atoms with van der Waals surface area (Å²) in [4.78, 5) is 10.2. The van der Waals surface area contributed by atoms with E-state index in [-0.39, 0.29) is 11.5 Å². The minimum atomic E-state index is -3.00. The summed E-state index contributed by atoms with van der Waals surface area (Å²) in [5, 5.41) is 8.32. The van der Waals surface area contributed by atoms with Crippen LogP contribution in [0.5, 0.6) is 11.5 Å². The third-order valence-electron chi connectivity index (χ3n) is 1.34. The molecule has 0 amide bonds. The van der Waals surface area contributed by atoms with Crippen LogP contribution in [-0.4, -0.2) is 24.3 Å². The Labute approximate surface area is 84.0 Å². The van der Waals surface area contributed by atoms with Gasteiger partial charge in [0.15, 0.2) is 18.1 Å². The number of carbonyl (C=O) groups is 1. The fourth-order valence-corrected chi connectivity index (χ4v) is 0.840. The number of halogens is 2. The maximum absolute atomic E-state index is 11.9. The first-order valence-electron chi connectivity index (χ1n) is 3.89. The minimum Gasteiger partial charge on any atom is -0.479 e. The third kappa shape index (κ3) is 3.80. The molecule has 4 nitrogen and oxygen atoms in total. The molecule has 1 aromatic carbocycles. The molecule has 1 N–H and O–H groups in total. The molecule has 0 atom stereocenters. The van der Waals surface area contributed by atoms with Crippen molar-refractivity contribution in [1.82, 2.24) is 0 Å². The first-order valence-corrected chi connectivity index (χ1v) is 3.89. The number of rotatable bonds is 5. The summed E-state index contributed by atoms with van der Waals surface area (Å²) in [5.74, 6) is -1.60. The van der Waals surface area contributed by atoms with E-state index >= 15 is 0 Å². The van der Waals surface area contributed by atoms with Gasteiger partial charge in [-0.1, -0.05) is 12.1 Å². The van der Waals surface area contributed by atoms with Crippen LogP contribution in [0.1, 0.15) is 0 Å². The molecule has 0 fully saturated rings. The first-order chi connectivity index (χ1) is 7.09. The van der Waals surface area contributed by atoms with Crippen molar-refractivity contribution >= 4 is 5.97 Å². The second kappa shape index (κ2) is 5.14. The van der Waals surface area contributed by atoms with E-state index in [1.807, 2.05) is 0 Å². The van der Waals surface area contributed by atoms with Crippen LogP contribution >= 0.6 is 0 Å². The molecule has 0 bridgehead atoms. The van der Waals surface area contributed by atoms with Crippen molar-refractivity contribution in [2.45, 2.75) is 6.61 Å². The van der Waals surface area contributed by atoms with Gasteiger partial charge in [0, 0.05) is 6.07 Å². The highest BCUT2D eigenvalue weighted by atomic mass is 19.3. The van der Waals surface area contributed by atoms with E-state index < -0.39 is 19.2 Å². The van der Waals surface area contributed by atoms with Crippen molar-refractivity contribution < 1.29 is 28.2 Å². The molecule has 0 aliphatic carbocycles. The predicted molar refractivity (Wildman–Crippen MR) is 45.0 cm³/mol. The van der Waals surface area contributed by atoms with Crippen molar-refractivity contribution in [3.05, 3.63) is 24.3 Å². The van der Waals surface area contributed by atoms with Crippen LogP contribution < -0.4 is 9.47 Å². The molecule has 0 saturated heterocycles. The van der Waals surface area contributed by atoms with E-state index in [9.17, 15) is 13.6 Å². The van der Waals surface area contributed by atoms with Gasteiger partial charge >= 0.3 is 12.6 Å². The summed E-state index contributed by atoms with van der Waals surface area (Å²) in [6.45, 7) is -3.63. The third-order valence-corrected chi connectivity index (χ3v) is 1.34. The smallest absolute Gasteiger partial charge is 0.387 e. The van der Waals surface area contributed by atoms with Crippen molar-refractivity contribution in [3.63, 3.8) is 0 Å². The van der Waals surface area contributed by atoms with Gasteiger partial charge in [-0.2, -0.15) is 8.78 Å². The fraction of sp³-hybridized carbons (Fsp3) is 0.222. The second-order valence-corrected chi connectivity index (χ2v) is 2.42. The van der Waals surface area contributed by atoms with Crippen molar-refractivity contribution in [3.8, 4) is 11.5 Å². The number of hydrogen-bond donors (Lipinski definition) is 1. The molecule has 6 heteroatoms. The Morgan fingerprint density at radius 3 is 2.93 bits per heavy atom. The van der Waals surface area contributed by atoms with Crippen molar-refractivity contribution in [1.29, 1.82) is 0 Å². The summed E-state index contributed by atoms with van der Waals surface area (Å²) >= 11 is 0. The van der Waals surface area contributed by atoms with Gasteiger partial charge in [0.2, 0.25) is 0 Å². The Bertz CT molecular complexity index is 341. The van der Waals surface area contributed by atoms with Gasteiger partial charge in [-0.05, 0) is 6.07 Å². The Kier molecular flexibility index (Phi) is 3.84. The summed E-state index contributed by atoms with van der Waals surface area (Å²) in [5.41, 5.74) is 0. The molecular formula is C9H7F2O4. The van der Waals surface area contributed by atoms with Gasteiger partial charge in [0.25, 0.3) is 0 Å². The number of benzene rings is 1. The molecule has 0 spiro atoms. The number of carboxylic acids is 1. The van der Waals surface area contributed by atoms with E-state index in [0.29, 0.717) is 0 Å². The van der Waals surface area contributed by atoms with Gasteiger partial charge in [0.05, 0.1) is 0 Å². The normalized spacial score (nSPS) is 10.1. The van der Waals surface area contributed by atoms with Gasteiger partial charge in [0.1, 0.15) is 0 Å². The average Bonchev–Trinajstić information content (AvgIpc) is 2.15. The van der Waals surface area contributed by atoms with Crippen LogP contribution in [0.4, 0.5) is 8.78 Å². The molecule has 0 saturated carbocycles. The van der Waals surface area contributed by atoms with Crippen LogP contribution in [0.3, 0.4) is 0 Å². The van der Waals surface area contributed by atoms with E-state index in [0.717, 1.165) is 0 Å². The first kappa shape index (κ1) is 11.2. The Morgan fingerprint density at radius 2 is 2.33 bits per heavy atom. The van der Waals surface area contributed by atoms with E-state index in [1.54, 1.807) is 0 Å². The zero-order valence-corrected chi connectivity index (χ0v) is 7.44. The number of hydrogen-bond acceptors (Lipinski definition) is 3. The number of ether oxygens (including phenoxy) is 2. The predicted octanol–water partition coefficient (Wildman–Crippen LogP) is 1.55. The topological polar surface area (TPSA) is 55.8 Å². The summed E-state index contributed by atoms with van der Waals surface area (Å²) in [7, 11) is 0.